The van der Waals surface area contributed by atoms with Crippen molar-refractivity contribution in [2.75, 3.05) is 39.4 Å². The van der Waals surface area contributed by atoms with E-state index in [-0.39, 0.29) is 18.1 Å². The summed E-state index contributed by atoms with van der Waals surface area (Å²) in [6, 6.07) is 5.89. The summed E-state index contributed by atoms with van der Waals surface area (Å²) >= 11 is 0. The average molecular weight is 377 g/mol. The van der Waals surface area contributed by atoms with Crippen LogP contribution >= 0.6 is 0 Å². The van der Waals surface area contributed by atoms with Gasteiger partial charge in [-0.05, 0) is 44.3 Å². The number of nitrogens with zero attached hydrogens (tertiary/aromatic N) is 2. The number of hydrogen-bond acceptors (Lipinski definition) is 5. The SMILES string of the molecule is CCN(CC)CCOCCNC(=O)Cc1nc(-c2ccc(F)cc2)oc1C. The minimum absolute atomic E-state index is 0.135. The first-order chi connectivity index (χ1) is 13.0. The monoisotopic (exact) mass is 377 g/mol. The van der Waals surface area contributed by atoms with E-state index in [4.69, 9.17) is 9.15 Å². The highest BCUT2D eigenvalue weighted by Crippen LogP contribution is 2.22. The first-order valence-electron chi connectivity index (χ1n) is 9.32. The maximum absolute atomic E-state index is 13.0. The highest BCUT2D eigenvalue weighted by Gasteiger charge is 2.14. The van der Waals surface area contributed by atoms with E-state index in [1.807, 2.05) is 0 Å². The van der Waals surface area contributed by atoms with Crippen LogP contribution in [0.4, 0.5) is 4.39 Å². The standard InChI is InChI=1S/C20H28FN3O3/c1-4-24(5-2)11-13-26-12-10-22-19(25)14-18-15(3)27-20(23-18)16-6-8-17(21)9-7-16/h6-9H,4-5,10-14H2,1-3H3,(H,22,25). The zero-order valence-electron chi connectivity index (χ0n) is 16.3. The Morgan fingerprint density at radius 2 is 1.93 bits per heavy atom. The minimum atomic E-state index is -0.319. The van der Waals surface area contributed by atoms with E-state index in [0.29, 0.717) is 42.7 Å². The molecule has 0 fully saturated rings. The van der Waals surface area contributed by atoms with Gasteiger partial charge in [-0.25, -0.2) is 9.37 Å². The summed E-state index contributed by atoms with van der Waals surface area (Å²) < 4.78 is 24.2. The number of hydrogen-bond donors (Lipinski definition) is 1. The zero-order chi connectivity index (χ0) is 19.6. The van der Waals surface area contributed by atoms with E-state index < -0.39 is 0 Å². The van der Waals surface area contributed by atoms with Crippen LogP contribution in [0.1, 0.15) is 25.3 Å². The lowest BCUT2D eigenvalue weighted by atomic mass is 10.2. The second-order valence-electron chi connectivity index (χ2n) is 6.19. The van der Waals surface area contributed by atoms with Crippen molar-refractivity contribution in [3.63, 3.8) is 0 Å². The third kappa shape index (κ3) is 6.77. The highest BCUT2D eigenvalue weighted by atomic mass is 19.1. The maximum Gasteiger partial charge on any atom is 0.226 e. The molecule has 2 rings (SSSR count). The molecule has 0 saturated heterocycles. The van der Waals surface area contributed by atoms with Gasteiger partial charge in [-0.2, -0.15) is 0 Å². The number of aromatic nitrogens is 1. The van der Waals surface area contributed by atoms with E-state index in [0.717, 1.165) is 19.6 Å². The second kappa shape index (κ2) is 10.8. The normalized spacial score (nSPS) is 11.1. The molecule has 1 aromatic carbocycles. The lowest BCUT2D eigenvalue weighted by Crippen LogP contribution is -2.31. The topological polar surface area (TPSA) is 67.6 Å². The third-order valence-electron chi connectivity index (χ3n) is 4.33. The fraction of sp³-hybridized carbons (Fsp3) is 0.500. The molecule has 1 heterocycles. The smallest absolute Gasteiger partial charge is 0.226 e. The van der Waals surface area contributed by atoms with E-state index in [1.165, 1.54) is 12.1 Å². The van der Waals surface area contributed by atoms with Crippen molar-refractivity contribution in [2.24, 2.45) is 0 Å². The summed E-state index contributed by atoms with van der Waals surface area (Å²) in [4.78, 5) is 18.7. The van der Waals surface area contributed by atoms with Crippen molar-refractivity contribution in [3.05, 3.63) is 41.5 Å². The number of halogens is 1. The summed E-state index contributed by atoms with van der Waals surface area (Å²) in [6.45, 7) is 10.5. The number of aryl methyl sites for hydroxylation is 1. The van der Waals surface area contributed by atoms with Crippen LogP contribution in [0, 0.1) is 12.7 Å². The Morgan fingerprint density at radius 1 is 1.22 bits per heavy atom. The minimum Gasteiger partial charge on any atom is -0.441 e. The summed E-state index contributed by atoms with van der Waals surface area (Å²) in [5.74, 6) is 0.514. The molecule has 27 heavy (non-hydrogen) atoms. The first kappa shape index (κ1) is 21.1. The van der Waals surface area contributed by atoms with Crippen LogP contribution in [0.3, 0.4) is 0 Å². The van der Waals surface area contributed by atoms with Gasteiger partial charge in [0.1, 0.15) is 11.6 Å². The Balaban J connectivity index is 1.73. The van der Waals surface area contributed by atoms with Gasteiger partial charge in [0, 0.05) is 18.7 Å². The van der Waals surface area contributed by atoms with Crippen molar-refractivity contribution in [1.82, 2.24) is 15.2 Å². The van der Waals surface area contributed by atoms with Crippen LogP contribution in [0.25, 0.3) is 11.5 Å². The van der Waals surface area contributed by atoms with Crippen molar-refractivity contribution < 1.29 is 18.3 Å². The third-order valence-corrected chi connectivity index (χ3v) is 4.33. The molecule has 0 unspecified atom stereocenters. The second-order valence-corrected chi connectivity index (χ2v) is 6.19. The van der Waals surface area contributed by atoms with Gasteiger partial charge in [0.05, 0.1) is 25.3 Å². The van der Waals surface area contributed by atoms with Gasteiger partial charge in [-0.15, -0.1) is 0 Å². The summed E-state index contributed by atoms with van der Waals surface area (Å²) in [7, 11) is 0. The molecule has 0 aliphatic rings. The van der Waals surface area contributed by atoms with Crippen LogP contribution in [0.15, 0.2) is 28.7 Å². The summed E-state index contributed by atoms with van der Waals surface area (Å²) in [6.07, 6.45) is 0.135. The highest BCUT2D eigenvalue weighted by molar-refractivity contribution is 5.78. The van der Waals surface area contributed by atoms with Crippen molar-refractivity contribution in [1.29, 1.82) is 0 Å². The number of carbonyl (C=O) groups excluding carboxylic acids is 1. The van der Waals surface area contributed by atoms with E-state index in [2.05, 4.69) is 29.0 Å². The molecule has 0 spiro atoms. The molecule has 7 heteroatoms. The number of ether oxygens (including phenoxy) is 1. The van der Waals surface area contributed by atoms with E-state index in [1.54, 1.807) is 19.1 Å². The summed E-state index contributed by atoms with van der Waals surface area (Å²) in [5.41, 5.74) is 1.25. The van der Waals surface area contributed by atoms with Crippen LogP contribution in [0.5, 0.6) is 0 Å². The van der Waals surface area contributed by atoms with Crippen LogP contribution in [-0.2, 0) is 16.0 Å². The number of carbonyl (C=O) groups is 1. The molecular weight excluding hydrogens is 349 g/mol. The van der Waals surface area contributed by atoms with Gasteiger partial charge in [-0.3, -0.25) is 4.79 Å². The van der Waals surface area contributed by atoms with Crippen LogP contribution in [0.2, 0.25) is 0 Å². The molecule has 6 nitrogen and oxygen atoms in total. The molecule has 1 amide bonds. The van der Waals surface area contributed by atoms with Crippen molar-refractivity contribution >= 4 is 5.91 Å². The average Bonchev–Trinajstić information content (AvgIpc) is 3.02. The van der Waals surface area contributed by atoms with Gasteiger partial charge >= 0.3 is 0 Å². The molecule has 0 bridgehead atoms. The predicted octanol–water partition coefficient (Wildman–Crippen LogP) is 2.81. The van der Waals surface area contributed by atoms with Crippen LogP contribution < -0.4 is 5.32 Å². The number of likely N-dealkylation sites (N-methyl/N-ethyl adjacent to an activating group) is 1. The molecule has 0 atom stereocenters. The Labute approximate surface area is 159 Å². The largest absolute Gasteiger partial charge is 0.441 e. The lowest BCUT2D eigenvalue weighted by Gasteiger charge is -2.17. The Bertz CT molecular complexity index is 712. The van der Waals surface area contributed by atoms with Gasteiger partial charge < -0.3 is 19.4 Å². The van der Waals surface area contributed by atoms with Crippen molar-refractivity contribution in [2.45, 2.75) is 27.2 Å². The fourth-order valence-electron chi connectivity index (χ4n) is 2.62. The number of nitrogens with one attached hydrogen (secondary N) is 1. The Hall–Kier alpha value is -2.25. The number of rotatable bonds is 11. The first-order valence-corrected chi connectivity index (χ1v) is 9.32. The molecule has 0 saturated carbocycles. The number of benzene rings is 1. The lowest BCUT2D eigenvalue weighted by molar-refractivity contribution is -0.120. The van der Waals surface area contributed by atoms with E-state index in [9.17, 15) is 9.18 Å². The molecular formula is C20H28FN3O3. The van der Waals surface area contributed by atoms with Crippen molar-refractivity contribution in [3.8, 4) is 11.5 Å². The van der Waals surface area contributed by atoms with Gasteiger partial charge in [0.15, 0.2) is 0 Å². The molecule has 1 N–H and O–H groups in total. The summed E-state index contributed by atoms with van der Waals surface area (Å²) in [5, 5.41) is 2.82. The Kier molecular flexibility index (Phi) is 8.42. The fourth-order valence-corrected chi connectivity index (χ4v) is 2.62. The number of amides is 1. The van der Waals surface area contributed by atoms with E-state index >= 15 is 0 Å². The van der Waals surface area contributed by atoms with Gasteiger partial charge in [0.25, 0.3) is 0 Å². The Morgan fingerprint density at radius 3 is 2.59 bits per heavy atom. The van der Waals surface area contributed by atoms with Gasteiger partial charge in [0.2, 0.25) is 11.8 Å². The number of oxazole rings is 1. The molecule has 148 valence electrons. The molecule has 0 radical (unpaired) electrons. The quantitative estimate of drug-likeness (QED) is 0.610. The zero-order valence-corrected chi connectivity index (χ0v) is 16.3. The molecule has 2 aromatic rings. The predicted molar refractivity (Wildman–Crippen MR) is 102 cm³/mol. The van der Waals surface area contributed by atoms with Crippen LogP contribution in [-0.4, -0.2) is 55.2 Å². The molecule has 0 aliphatic heterocycles. The molecule has 0 aliphatic carbocycles. The van der Waals surface area contributed by atoms with Gasteiger partial charge in [-0.1, -0.05) is 13.8 Å². The maximum atomic E-state index is 13.0. The molecule has 1 aromatic heterocycles.